The Kier molecular flexibility index (Phi) is 5.95. The van der Waals surface area contributed by atoms with E-state index in [1.54, 1.807) is 6.92 Å². The van der Waals surface area contributed by atoms with Crippen molar-refractivity contribution >= 4 is 11.8 Å². The van der Waals surface area contributed by atoms with Gasteiger partial charge in [-0.15, -0.1) is 0 Å². The minimum Gasteiger partial charge on any atom is -0.396 e. The first kappa shape index (κ1) is 15.1. The van der Waals surface area contributed by atoms with E-state index in [1.807, 2.05) is 0 Å². The number of nitrogens with one attached hydrogen (secondary N) is 2. The van der Waals surface area contributed by atoms with Crippen LogP contribution in [0.5, 0.6) is 0 Å². The highest BCUT2D eigenvalue weighted by atomic mass is 19.1. The Bertz CT molecular complexity index is 451. The van der Waals surface area contributed by atoms with Crippen LogP contribution < -0.4 is 10.6 Å². The van der Waals surface area contributed by atoms with E-state index in [4.69, 9.17) is 5.11 Å². The number of carbonyl (C=O) groups excluding carboxylic acids is 2. The van der Waals surface area contributed by atoms with E-state index in [-0.39, 0.29) is 30.7 Å². The first-order valence-corrected chi connectivity index (χ1v) is 5.97. The summed E-state index contributed by atoms with van der Waals surface area (Å²) < 4.78 is 12.9. The van der Waals surface area contributed by atoms with Crippen molar-refractivity contribution in [2.24, 2.45) is 0 Å². The first-order valence-electron chi connectivity index (χ1n) is 5.97. The number of aliphatic hydroxyl groups is 1. The molecule has 0 aromatic heterocycles. The maximum Gasteiger partial charge on any atom is 0.251 e. The number of aliphatic hydroxyl groups excluding tert-OH is 1. The summed E-state index contributed by atoms with van der Waals surface area (Å²) in [6.45, 7) is 1.55. The number of hydrogen-bond donors (Lipinski definition) is 3. The van der Waals surface area contributed by atoms with Crippen molar-refractivity contribution in [3.8, 4) is 0 Å². The molecule has 0 aliphatic heterocycles. The fourth-order valence-electron chi connectivity index (χ4n) is 1.48. The van der Waals surface area contributed by atoms with Crippen molar-refractivity contribution in [1.29, 1.82) is 0 Å². The molecule has 1 aromatic carbocycles. The molecule has 0 heterocycles. The average Bonchev–Trinajstić information content (AvgIpc) is 2.36. The minimum atomic E-state index is -0.510. The molecule has 0 radical (unpaired) electrons. The molecule has 1 unspecified atom stereocenters. The Hall–Kier alpha value is -1.95. The SMILES string of the molecule is CC(CCO)NC(=O)CNC(=O)c1cccc(F)c1. The molecule has 0 fully saturated rings. The molecule has 1 atom stereocenters. The van der Waals surface area contributed by atoms with Gasteiger partial charge in [0.15, 0.2) is 0 Å². The molecule has 5 nitrogen and oxygen atoms in total. The number of rotatable bonds is 6. The van der Waals surface area contributed by atoms with Gasteiger partial charge in [-0.1, -0.05) is 6.07 Å². The van der Waals surface area contributed by atoms with Crippen LogP contribution in [0.2, 0.25) is 0 Å². The Labute approximate surface area is 110 Å². The summed E-state index contributed by atoms with van der Waals surface area (Å²) in [5, 5.41) is 13.7. The molecule has 104 valence electrons. The monoisotopic (exact) mass is 268 g/mol. The highest BCUT2D eigenvalue weighted by Gasteiger charge is 2.10. The summed E-state index contributed by atoms with van der Waals surface area (Å²) in [4.78, 5) is 23.1. The lowest BCUT2D eigenvalue weighted by Gasteiger charge is -2.12. The summed E-state index contributed by atoms with van der Waals surface area (Å²) in [5.74, 6) is -1.37. The van der Waals surface area contributed by atoms with Crippen molar-refractivity contribution in [2.45, 2.75) is 19.4 Å². The molecule has 0 saturated heterocycles. The number of carbonyl (C=O) groups is 2. The second-order valence-corrected chi connectivity index (χ2v) is 4.17. The van der Waals surface area contributed by atoms with E-state index in [9.17, 15) is 14.0 Å². The molecule has 6 heteroatoms. The predicted molar refractivity (Wildman–Crippen MR) is 68.0 cm³/mol. The van der Waals surface area contributed by atoms with Crippen LogP contribution >= 0.6 is 0 Å². The Balaban J connectivity index is 2.40. The Morgan fingerprint density at radius 2 is 2.16 bits per heavy atom. The molecule has 0 aliphatic rings. The van der Waals surface area contributed by atoms with Crippen molar-refractivity contribution in [1.82, 2.24) is 10.6 Å². The van der Waals surface area contributed by atoms with Gasteiger partial charge >= 0.3 is 0 Å². The first-order chi connectivity index (χ1) is 9.02. The zero-order chi connectivity index (χ0) is 14.3. The number of halogens is 1. The van der Waals surface area contributed by atoms with Gasteiger partial charge in [0, 0.05) is 18.2 Å². The zero-order valence-electron chi connectivity index (χ0n) is 10.6. The molecule has 1 rings (SSSR count). The molecular formula is C13H17FN2O3. The number of amides is 2. The van der Waals surface area contributed by atoms with E-state index in [2.05, 4.69) is 10.6 Å². The second kappa shape index (κ2) is 7.48. The highest BCUT2D eigenvalue weighted by molar-refractivity contribution is 5.96. The maximum absolute atomic E-state index is 12.9. The normalized spacial score (nSPS) is 11.7. The van der Waals surface area contributed by atoms with Gasteiger partial charge < -0.3 is 15.7 Å². The lowest BCUT2D eigenvalue weighted by molar-refractivity contribution is -0.120. The summed E-state index contributed by atoms with van der Waals surface area (Å²) in [7, 11) is 0. The molecular weight excluding hydrogens is 251 g/mol. The van der Waals surface area contributed by atoms with Gasteiger partial charge in [0.2, 0.25) is 5.91 Å². The summed E-state index contributed by atoms with van der Waals surface area (Å²) in [6, 6.07) is 5.06. The molecule has 0 bridgehead atoms. The van der Waals surface area contributed by atoms with E-state index >= 15 is 0 Å². The van der Waals surface area contributed by atoms with Crippen LogP contribution in [0.3, 0.4) is 0 Å². The smallest absolute Gasteiger partial charge is 0.251 e. The number of benzene rings is 1. The third-order valence-electron chi connectivity index (χ3n) is 2.47. The summed E-state index contributed by atoms with van der Waals surface area (Å²) in [6.07, 6.45) is 0.448. The molecule has 2 amide bonds. The van der Waals surface area contributed by atoms with Gasteiger partial charge in [0.1, 0.15) is 5.82 Å². The Morgan fingerprint density at radius 1 is 1.42 bits per heavy atom. The van der Waals surface area contributed by atoms with Crippen LogP contribution in [0.15, 0.2) is 24.3 Å². The second-order valence-electron chi connectivity index (χ2n) is 4.17. The van der Waals surface area contributed by atoms with Crippen LogP contribution in [0, 0.1) is 5.82 Å². The zero-order valence-corrected chi connectivity index (χ0v) is 10.6. The summed E-state index contributed by atoms with van der Waals surface area (Å²) in [5.41, 5.74) is 0.163. The predicted octanol–water partition coefficient (Wildman–Crippen LogP) is 0.443. The van der Waals surface area contributed by atoms with Gasteiger partial charge in [-0.05, 0) is 31.5 Å². The molecule has 0 spiro atoms. The fourth-order valence-corrected chi connectivity index (χ4v) is 1.48. The van der Waals surface area contributed by atoms with E-state index < -0.39 is 11.7 Å². The van der Waals surface area contributed by atoms with Crippen molar-refractivity contribution in [3.05, 3.63) is 35.6 Å². The third-order valence-corrected chi connectivity index (χ3v) is 2.47. The molecule has 0 saturated carbocycles. The Morgan fingerprint density at radius 3 is 2.79 bits per heavy atom. The van der Waals surface area contributed by atoms with Crippen molar-refractivity contribution in [3.63, 3.8) is 0 Å². The van der Waals surface area contributed by atoms with Gasteiger partial charge in [0.25, 0.3) is 5.91 Å². The standard InChI is InChI=1S/C13H17FN2O3/c1-9(5-6-17)16-12(18)8-15-13(19)10-3-2-4-11(14)7-10/h2-4,7,9,17H,5-6,8H2,1H3,(H,15,19)(H,16,18). The number of hydrogen-bond acceptors (Lipinski definition) is 3. The third kappa shape index (κ3) is 5.48. The topological polar surface area (TPSA) is 78.4 Å². The largest absolute Gasteiger partial charge is 0.396 e. The van der Waals surface area contributed by atoms with Crippen molar-refractivity contribution < 1.29 is 19.1 Å². The minimum absolute atomic E-state index is 0.0168. The van der Waals surface area contributed by atoms with E-state index in [0.717, 1.165) is 6.07 Å². The molecule has 1 aromatic rings. The summed E-state index contributed by atoms with van der Waals surface area (Å²) >= 11 is 0. The van der Waals surface area contributed by atoms with Gasteiger partial charge in [-0.3, -0.25) is 9.59 Å². The quantitative estimate of drug-likeness (QED) is 0.700. The lowest BCUT2D eigenvalue weighted by Crippen LogP contribution is -2.41. The van der Waals surface area contributed by atoms with Crippen LogP contribution in [0.4, 0.5) is 4.39 Å². The van der Waals surface area contributed by atoms with Gasteiger partial charge in [-0.25, -0.2) is 4.39 Å². The lowest BCUT2D eigenvalue weighted by atomic mass is 10.2. The van der Waals surface area contributed by atoms with Crippen LogP contribution in [-0.4, -0.2) is 36.1 Å². The van der Waals surface area contributed by atoms with Gasteiger partial charge in [-0.2, -0.15) is 0 Å². The maximum atomic E-state index is 12.9. The van der Waals surface area contributed by atoms with Crippen LogP contribution in [0.25, 0.3) is 0 Å². The molecule has 19 heavy (non-hydrogen) atoms. The average molecular weight is 268 g/mol. The van der Waals surface area contributed by atoms with Crippen molar-refractivity contribution in [2.75, 3.05) is 13.2 Å². The van der Waals surface area contributed by atoms with Gasteiger partial charge in [0.05, 0.1) is 6.54 Å². The highest BCUT2D eigenvalue weighted by Crippen LogP contribution is 2.02. The van der Waals surface area contributed by atoms with E-state index in [0.29, 0.717) is 6.42 Å². The van der Waals surface area contributed by atoms with Crippen LogP contribution in [-0.2, 0) is 4.79 Å². The molecule has 0 aliphatic carbocycles. The fraction of sp³-hybridized carbons (Fsp3) is 0.385. The molecule has 3 N–H and O–H groups in total. The van der Waals surface area contributed by atoms with E-state index in [1.165, 1.54) is 18.2 Å². The van der Waals surface area contributed by atoms with Crippen LogP contribution in [0.1, 0.15) is 23.7 Å².